The van der Waals surface area contributed by atoms with E-state index < -0.39 is 10.0 Å². The van der Waals surface area contributed by atoms with Crippen LogP contribution in [0.3, 0.4) is 0 Å². The quantitative estimate of drug-likeness (QED) is 0.549. The Balaban J connectivity index is 1.71. The lowest BCUT2D eigenvalue weighted by Crippen LogP contribution is -2.33. The van der Waals surface area contributed by atoms with Gasteiger partial charge in [-0.25, -0.2) is 8.42 Å². The number of halogens is 2. The van der Waals surface area contributed by atoms with Gasteiger partial charge < -0.3 is 0 Å². The van der Waals surface area contributed by atoms with E-state index in [4.69, 9.17) is 23.2 Å². The molecule has 0 unspecified atom stereocenters. The third kappa shape index (κ3) is 5.43. The third-order valence-corrected chi connectivity index (χ3v) is 8.58. The second kappa shape index (κ2) is 10.4. The van der Waals surface area contributed by atoms with E-state index in [1.54, 1.807) is 43.0 Å². The van der Waals surface area contributed by atoms with Crippen molar-refractivity contribution in [2.24, 2.45) is 4.99 Å². The van der Waals surface area contributed by atoms with Gasteiger partial charge in [0.15, 0.2) is 5.17 Å². The molecule has 0 saturated carbocycles. The minimum Gasteiger partial charge on any atom is -0.286 e. The molecular weight excluding hydrogens is 477 g/mol. The topological polar surface area (TPSA) is 70.1 Å². The van der Waals surface area contributed by atoms with Gasteiger partial charge in [0, 0.05) is 41.0 Å². The lowest BCUT2D eigenvalue weighted by atomic mass is 10.2. The number of amides is 1. The highest BCUT2D eigenvalue weighted by Crippen LogP contribution is 2.27. The van der Waals surface area contributed by atoms with E-state index in [0.29, 0.717) is 52.7 Å². The summed E-state index contributed by atoms with van der Waals surface area (Å²) < 4.78 is 26.7. The number of hydrogen-bond acceptors (Lipinski definition) is 5. The first-order chi connectivity index (χ1) is 14.8. The van der Waals surface area contributed by atoms with Crippen LogP contribution in [0, 0.1) is 0 Å². The van der Waals surface area contributed by atoms with Crippen LogP contribution in [0.1, 0.15) is 29.8 Å². The lowest BCUT2D eigenvalue weighted by Gasteiger charge is -2.20. The zero-order chi connectivity index (χ0) is 22.6. The monoisotopic (exact) mass is 499 g/mol. The summed E-state index contributed by atoms with van der Waals surface area (Å²) in [6.07, 6.45) is 0. The highest BCUT2D eigenvalue weighted by molar-refractivity contribution is 8.13. The van der Waals surface area contributed by atoms with Crippen molar-refractivity contribution in [2.45, 2.75) is 24.5 Å². The molecule has 31 heavy (non-hydrogen) atoms. The molecule has 2 aromatic rings. The van der Waals surface area contributed by atoms with Gasteiger partial charge in [-0.2, -0.15) is 4.31 Å². The molecule has 2 aromatic carbocycles. The van der Waals surface area contributed by atoms with Gasteiger partial charge in [-0.05, 0) is 42.0 Å². The Morgan fingerprint density at radius 1 is 1.13 bits per heavy atom. The minimum absolute atomic E-state index is 0.176. The van der Waals surface area contributed by atoms with Crippen molar-refractivity contribution in [2.75, 3.05) is 26.2 Å². The van der Waals surface area contributed by atoms with Crippen LogP contribution in [-0.4, -0.2) is 54.9 Å². The number of carbonyl (C=O) groups is 1. The second-order valence-corrected chi connectivity index (χ2v) is 10.5. The number of aliphatic imine (C=N–C) groups is 1. The molecule has 166 valence electrons. The smallest absolute Gasteiger partial charge is 0.259 e. The Morgan fingerprint density at radius 3 is 2.42 bits per heavy atom. The molecule has 3 rings (SSSR count). The van der Waals surface area contributed by atoms with E-state index in [0.717, 1.165) is 5.56 Å². The fourth-order valence-corrected chi connectivity index (χ4v) is 6.22. The highest BCUT2D eigenvalue weighted by atomic mass is 35.5. The average Bonchev–Trinajstić information content (AvgIpc) is 3.22. The summed E-state index contributed by atoms with van der Waals surface area (Å²) in [6.45, 7) is 5.37. The molecule has 0 aromatic heterocycles. The molecule has 0 saturated heterocycles. The summed E-state index contributed by atoms with van der Waals surface area (Å²) >= 11 is 13.6. The van der Waals surface area contributed by atoms with Crippen LogP contribution in [0.4, 0.5) is 0 Å². The Morgan fingerprint density at radius 2 is 1.81 bits per heavy atom. The van der Waals surface area contributed by atoms with Gasteiger partial charge in [0.25, 0.3) is 5.91 Å². The largest absolute Gasteiger partial charge is 0.286 e. The van der Waals surface area contributed by atoms with Gasteiger partial charge in [-0.1, -0.05) is 54.9 Å². The van der Waals surface area contributed by atoms with E-state index in [9.17, 15) is 13.2 Å². The van der Waals surface area contributed by atoms with E-state index in [2.05, 4.69) is 4.99 Å². The fraction of sp³-hybridized carbons (Fsp3) is 0.333. The number of benzene rings is 2. The van der Waals surface area contributed by atoms with E-state index >= 15 is 0 Å². The van der Waals surface area contributed by atoms with Crippen molar-refractivity contribution in [3.63, 3.8) is 0 Å². The SMILES string of the molecule is CCN(CC)S(=O)(=O)c1ccc(C(=O)N2CCN=C2SCc2ccc(Cl)cc2Cl)cc1. The van der Waals surface area contributed by atoms with Crippen molar-refractivity contribution < 1.29 is 13.2 Å². The van der Waals surface area contributed by atoms with E-state index in [-0.39, 0.29) is 10.8 Å². The number of thioether (sulfide) groups is 1. The first kappa shape index (κ1) is 24.1. The number of carbonyl (C=O) groups excluding carboxylic acids is 1. The highest BCUT2D eigenvalue weighted by Gasteiger charge is 2.27. The zero-order valence-corrected chi connectivity index (χ0v) is 20.4. The third-order valence-electron chi connectivity index (χ3n) is 4.86. The zero-order valence-electron chi connectivity index (χ0n) is 17.2. The number of sulfonamides is 1. The molecule has 1 heterocycles. The summed E-state index contributed by atoms with van der Waals surface area (Å²) in [5, 5.41) is 1.76. The van der Waals surface area contributed by atoms with Crippen LogP contribution in [0.15, 0.2) is 52.4 Å². The van der Waals surface area contributed by atoms with Crippen LogP contribution < -0.4 is 0 Å². The van der Waals surface area contributed by atoms with Gasteiger partial charge in [0.1, 0.15) is 0 Å². The summed E-state index contributed by atoms with van der Waals surface area (Å²) in [6, 6.07) is 11.4. The van der Waals surface area contributed by atoms with Crippen LogP contribution in [0.5, 0.6) is 0 Å². The Labute approximate surface area is 197 Å². The molecule has 6 nitrogen and oxygen atoms in total. The van der Waals surface area contributed by atoms with Crippen LogP contribution in [-0.2, 0) is 15.8 Å². The second-order valence-electron chi connectivity index (χ2n) is 6.76. The predicted molar refractivity (Wildman–Crippen MR) is 128 cm³/mol. The molecule has 1 amide bonds. The first-order valence-corrected chi connectivity index (χ1v) is 13.0. The molecular formula is C21H23Cl2N3O3S2. The maximum Gasteiger partial charge on any atom is 0.259 e. The molecule has 10 heteroatoms. The van der Waals surface area contributed by atoms with E-state index in [1.807, 2.05) is 6.07 Å². The minimum atomic E-state index is -3.56. The van der Waals surface area contributed by atoms with Crippen molar-refractivity contribution in [3.05, 3.63) is 63.6 Å². The van der Waals surface area contributed by atoms with Gasteiger partial charge in [0.2, 0.25) is 10.0 Å². The Hall–Kier alpha value is -1.58. The predicted octanol–water partition coefficient (Wildman–Crippen LogP) is 4.77. The molecule has 0 atom stereocenters. The van der Waals surface area contributed by atoms with Crippen LogP contribution in [0.2, 0.25) is 10.0 Å². The Bertz CT molecular complexity index is 1090. The van der Waals surface area contributed by atoms with Gasteiger partial charge in [-0.3, -0.25) is 14.7 Å². The number of nitrogens with zero attached hydrogens (tertiary/aromatic N) is 3. The first-order valence-electron chi connectivity index (χ1n) is 9.81. The van der Waals surface area contributed by atoms with Crippen LogP contribution in [0.25, 0.3) is 0 Å². The van der Waals surface area contributed by atoms with Crippen molar-refractivity contribution in [1.82, 2.24) is 9.21 Å². The molecule has 0 N–H and O–H groups in total. The summed E-state index contributed by atoms with van der Waals surface area (Å²) in [4.78, 5) is 19.2. The standard InChI is InChI=1S/C21H23Cl2N3O3S2/c1-3-25(4-2)31(28,29)18-9-6-15(7-10-18)20(27)26-12-11-24-21(26)30-14-16-5-8-17(22)13-19(16)23/h5-10,13H,3-4,11-12,14H2,1-2H3. The summed E-state index contributed by atoms with van der Waals surface area (Å²) in [7, 11) is -3.56. The number of rotatable bonds is 7. The van der Waals surface area contributed by atoms with Gasteiger partial charge in [-0.15, -0.1) is 0 Å². The lowest BCUT2D eigenvalue weighted by molar-refractivity contribution is 0.0860. The molecule has 1 aliphatic heterocycles. The number of hydrogen-bond donors (Lipinski definition) is 0. The molecule has 0 aliphatic carbocycles. The van der Waals surface area contributed by atoms with Crippen molar-refractivity contribution >= 4 is 56.1 Å². The van der Waals surface area contributed by atoms with Crippen LogP contribution >= 0.6 is 35.0 Å². The molecule has 0 spiro atoms. The van der Waals surface area contributed by atoms with Gasteiger partial charge >= 0.3 is 0 Å². The maximum atomic E-state index is 13.0. The molecule has 1 aliphatic rings. The molecule has 0 bridgehead atoms. The summed E-state index contributed by atoms with van der Waals surface area (Å²) in [5.74, 6) is 0.345. The number of amidine groups is 1. The maximum absolute atomic E-state index is 13.0. The average molecular weight is 500 g/mol. The van der Waals surface area contributed by atoms with Crippen molar-refractivity contribution in [1.29, 1.82) is 0 Å². The molecule has 0 radical (unpaired) electrons. The summed E-state index contributed by atoms with van der Waals surface area (Å²) in [5.41, 5.74) is 1.32. The fourth-order valence-electron chi connectivity index (χ4n) is 3.16. The van der Waals surface area contributed by atoms with E-state index in [1.165, 1.54) is 28.2 Å². The normalized spacial score (nSPS) is 14.2. The Kier molecular flexibility index (Phi) is 8.04. The van der Waals surface area contributed by atoms with Crippen molar-refractivity contribution in [3.8, 4) is 0 Å². The van der Waals surface area contributed by atoms with Gasteiger partial charge in [0.05, 0.1) is 11.4 Å². The molecule has 0 fully saturated rings.